The zero-order valence-corrected chi connectivity index (χ0v) is 18.4. The van der Waals surface area contributed by atoms with Gasteiger partial charge in [-0.25, -0.2) is 0 Å². The summed E-state index contributed by atoms with van der Waals surface area (Å²) >= 11 is 3.02. The average Bonchev–Trinajstić information content (AvgIpc) is 3.06. The maximum Gasteiger partial charge on any atom is 0.257 e. The molecule has 1 aromatic carbocycles. The minimum Gasteiger partial charge on any atom is -0.336 e. The van der Waals surface area contributed by atoms with Crippen LogP contribution in [0.4, 0.5) is 5.00 Å². The van der Waals surface area contributed by atoms with E-state index < -0.39 is 0 Å². The van der Waals surface area contributed by atoms with E-state index in [0.717, 1.165) is 15.3 Å². The quantitative estimate of drug-likeness (QED) is 0.704. The Labute approximate surface area is 178 Å². The van der Waals surface area contributed by atoms with Gasteiger partial charge >= 0.3 is 0 Å². The summed E-state index contributed by atoms with van der Waals surface area (Å²) in [6.45, 7) is 3.23. The number of amides is 3. The first-order valence-electron chi connectivity index (χ1n) is 9.49. The summed E-state index contributed by atoms with van der Waals surface area (Å²) in [7, 11) is 3.38. The lowest BCUT2D eigenvalue weighted by atomic mass is 10.0. The molecule has 2 aliphatic heterocycles. The third-order valence-electron chi connectivity index (χ3n) is 5.45. The molecule has 2 aromatic rings. The van der Waals surface area contributed by atoms with Crippen molar-refractivity contribution in [3.8, 4) is 0 Å². The van der Waals surface area contributed by atoms with Crippen LogP contribution in [0.2, 0.25) is 0 Å². The van der Waals surface area contributed by atoms with Crippen LogP contribution >= 0.6 is 23.1 Å². The number of carbonyl (C=O) groups excluding carboxylic acids is 3. The summed E-state index contributed by atoms with van der Waals surface area (Å²) in [5, 5.41) is 0.706. The molecule has 152 valence electrons. The molecule has 0 spiro atoms. The Bertz CT molecular complexity index is 1000. The third-order valence-corrected chi connectivity index (χ3v) is 7.90. The smallest absolute Gasteiger partial charge is 0.257 e. The summed E-state index contributed by atoms with van der Waals surface area (Å²) in [6, 6.07) is 8.06. The van der Waals surface area contributed by atoms with Crippen LogP contribution in [0, 0.1) is 6.92 Å². The number of thiophene rings is 1. The van der Waals surface area contributed by atoms with E-state index in [1.54, 1.807) is 30.8 Å². The number of nitrogens with zero attached hydrogens (tertiary/aromatic N) is 3. The molecule has 6 nitrogen and oxygen atoms in total. The molecule has 0 N–H and O–H groups in total. The van der Waals surface area contributed by atoms with Gasteiger partial charge in [0, 0.05) is 30.4 Å². The second-order valence-electron chi connectivity index (χ2n) is 7.42. The van der Waals surface area contributed by atoms with Crippen LogP contribution in [0.1, 0.15) is 26.4 Å². The number of aryl methyl sites for hydroxylation is 1. The van der Waals surface area contributed by atoms with Crippen molar-refractivity contribution in [2.45, 2.75) is 24.8 Å². The molecule has 2 aliphatic rings. The molecule has 0 saturated heterocycles. The van der Waals surface area contributed by atoms with E-state index in [4.69, 9.17) is 0 Å². The van der Waals surface area contributed by atoms with E-state index in [9.17, 15) is 14.4 Å². The first kappa shape index (κ1) is 20.0. The van der Waals surface area contributed by atoms with Crippen molar-refractivity contribution in [2.75, 3.05) is 37.8 Å². The largest absolute Gasteiger partial charge is 0.336 e. The second-order valence-corrected chi connectivity index (χ2v) is 9.52. The molecule has 0 atom stereocenters. The number of thioether (sulfide) groups is 1. The van der Waals surface area contributed by atoms with Gasteiger partial charge in [-0.1, -0.05) is 18.2 Å². The number of benzene rings is 1. The fourth-order valence-electron chi connectivity index (χ4n) is 3.69. The summed E-state index contributed by atoms with van der Waals surface area (Å²) in [4.78, 5) is 45.0. The Morgan fingerprint density at radius 3 is 2.69 bits per heavy atom. The van der Waals surface area contributed by atoms with E-state index in [0.29, 0.717) is 35.8 Å². The average molecular weight is 430 g/mol. The maximum atomic E-state index is 12.8. The second kappa shape index (κ2) is 7.84. The van der Waals surface area contributed by atoms with Gasteiger partial charge in [-0.15, -0.1) is 23.1 Å². The molecule has 3 amide bonds. The van der Waals surface area contributed by atoms with Crippen LogP contribution in [0.5, 0.6) is 0 Å². The molecule has 29 heavy (non-hydrogen) atoms. The molecule has 0 fully saturated rings. The predicted octanol–water partition coefficient (Wildman–Crippen LogP) is 2.78. The number of hydrogen-bond acceptors (Lipinski definition) is 5. The SMILES string of the molecule is Cc1ccccc1SCC(=O)N1CCc2c(sc3c2C(=O)N(C)CC(=O)N3C)C1. The summed E-state index contributed by atoms with van der Waals surface area (Å²) in [5.74, 6) is 0.289. The molecule has 0 aliphatic carbocycles. The van der Waals surface area contributed by atoms with E-state index in [-0.39, 0.29) is 24.3 Å². The van der Waals surface area contributed by atoms with Gasteiger partial charge in [-0.2, -0.15) is 0 Å². The monoisotopic (exact) mass is 429 g/mol. The summed E-state index contributed by atoms with van der Waals surface area (Å²) in [6.07, 6.45) is 0.642. The van der Waals surface area contributed by atoms with Crippen LogP contribution in [0.25, 0.3) is 0 Å². The lowest BCUT2D eigenvalue weighted by Gasteiger charge is -2.27. The van der Waals surface area contributed by atoms with Gasteiger partial charge < -0.3 is 14.7 Å². The normalized spacial score (nSPS) is 16.6. The fourth-order valence-corrected chi connectivity index (χ4v) is 5.96. The van der Waals surface area contributed by atoms with Crippen molar-refractivity contribution >= 4 is 45.8 Å². The number of hydrogen-bond donors (Lipinski definition) is 0. The molecule has 4 rings (SSSR count). The Kier molecular flexibility index (Phi) is 5.40. The highest BCUT2D eigenvalue weighted by Crippen LogP contribution is 2.40. The van der Waals surface area contributed by atoms with Crippen molar-refractivity contribution in [1.29, 1.82) is 0 Å². The minimum absolute atomic E-state index is 0.0895. The highest BCUT2D eigenvalue weighted by atomic mass is 32.2. The van der Waals surface area contributed by atoms with Crippen molar-refractivity contribution in [1.82, 2.24) is 9.80 Å². The third kappa shape index (κ3) is 3.67. The molecule has 0 bridgehead atoms. The Hall–Kier alpha value is -2.32. The number of anilines is 1. The van der Waals surface area contributed by atoms with Gasteiger partial charge in [0.2, 0.25) is 11.8 Å². The molecule has 3 heterocycles. The van der Waals surface area contributed by atoms with Crippen LogP contribution in [-0.2, 0) is 22.6 Å². The Morgan fingerprint density at radius 1 is 1.17 bits per heavy atom. The van der Waals surface area contributed by atoms with E-state index >= 15 is 0 Å². The summed E-state index contributed by atoms with van der Waals surface area (Å²) < 4.78 is 0. The zero-order valence-electron chi connectivity index (χ0n) is 16.7. The van der Waals surface area contributed by atoms with Gasteiger partial charge in [0.15, 0.2) is 0 Å². The van der Waals surface area contributed by atoms with Crippen LogP contribution in [0.3, 0.4) is 0 Å². The van der Waals surface area contributed by atoms with Gasteiger partial charge in [0.25, 0.3) is 5.91 Å². The number of carbonyl (C=O) groups is 3. The van der Waals surface area contributed by atoms with Crippen LogP contribution < -0.4 is 4.90 Å². The zero-order chi connectivity index (χ0) is 20.7. The fraction of sp³-hybridized carbons (Fsp3) is 0.381. The summed E-state index contributed by atoms with van der Waals surface area (Å²) in [5.41, 5.74) is 2.81. The molecule has 8 heteroatoms. The number of fused-ring (bicyclic) bond motifs is 3. The molecular formula is C21H23N3O3S2. The lowest BCUT2D eigenvalue weighted by molar-refractivity contribution is -0.129. The predicted molar refractivity (Wildman–Crippen MR) is 116 cm³/mol. The van der Waals surface area contributed by atoms with E-state index in [1.165, 1.54) is 21.8 Å². The number of likely N-dealkylation sites (N-methyl/N-ethyl adjacent to an activating group) is 2. The van der Waals surface area contributed by atoms with Crippen LogP contribution in [-0.4, -0.2) is 60.5 Å². The molecular weight excluding hydrogens is 406 g/mol. The van der Waals surface area contributed by atoms with Crippen molar-refractivity contribution < 1.29 is 14.4 Å². The van der Waals surface area contributed by atoms with Crippen molar-refractivity contribution in [3.05, 3.63) is 45.8 Å². The Morgan fingerprint density at radius 2 is 1.93 bits per heavy atom. The molecule has 0 radical (unpaired) electrons. The topological polar surface area (TPSA) is 60.9 Å². The van der Waals surface area contributed by atoms with Crippen LogP contribution in [0.15, 0.2) is 29.2 Å². The highest BCUT2D eigenvalue weighted by Gasteiger charge is 2.36. The van der Waals surface area contributed by atoms with Gasteiger partial charge in [-0.05, 0) is 30.5 Å². The highest BCUT2D eigenvalue weighted by molar-refractivity contribution is 8.00. The van der Waals surface area contributed by atoms with Gasteiger partial charge in [-0.3, -0.25) is 14.4 Å². The van der Waals surface area contributed by atoms with Gasteiger partial charge in [0.05, 0.1) is 17.9 Å². The van der Waals surface area contributed by atoms with Crippen molar-refractivity contribution in [2.24, 2.45) is 0 Å². The van der Waals surface area contributed by atoms with E-state index in [1.807, 2.05) is 36.1 Å². The van der Waals surface area contributed by atoms with Crippen molar-refractivity contribution in [3.63, 3.8) is 0 Å². The first-order valence-corrected chi connectivity index (χ1v) is 11.3. The minimum atomic E-state index is -0.106. The van der Waals surface area contributed by atoms with E-state index in [2.05, 4.69) is 0 Å². The number of rotatable bonds is 3. The standard InChI is InChI=1S/C21H23N3O3S2/c1-13-6-4-5-7-15(13)28-12-18(26)24-9-8-14-16(10-24)29-21-19(14)20(27)22(2)11-17(25)23(21)3/h4-7H,8-12H2,1-3H3. The first-order chi connectivity index (χ1) is 13.9. The molecule has 0 unspecified atom stereocenters. The Balaban J connectivity index is 1.52. The maximum absolute atomic E-state index is 12.8. The molecule has 0 saturated carbocycles. The lowest BCUT2D eigenvalue weighted by Crippen LogP contribution is -2.38. The van der Waals surface area contributed by atoms with Gasteiger partial charge in [0.1, 0.15) is 11.5 Å². The molecule has 1 aromatic heterocycles.